The standard InChI is InChI=1S/C24H21ClFN3O5S/c1-29-22(23(30)27-18-8-9-20(26)19(25)12-18)13-21(28-35(29,33)34)16-6-2-4-14(10-16)15-5-3-7-17(11-15)24(31)32/h2-12,21-22,28H,13H2,1H3,(H,27,30)(H,31,32)/t21-,22+/m0/s1. The van der Waals surface area contributed by atoms with Crippen LogP contribution in [0.5, 0.6) is 0 Å². The molecule has 1 amide bonds. The van der Waals surface area contributed by atoms with Crippen molar-refractivity contribution >= 4 is 39.4 Å². The van der Waals surface area contributed by atoms with E-state index in [9.17, 15) is 27.5 Å². The molecule has 8 nitrogen and oxygen atoms in total. The molecule has 3 N–H and O–H groups in total. The van der Waals surface area contributed by atoms with Gasteiger partial charge in [0.05, 0.1) is 10.6 Å². The highest BCUT2D eigenvalue weighted by molar-refractivity contribution is 7.87. The number of carboxylic acids is 1. The largest absolute Gasteiger partial charge is 0.478 e. The van der Waals surface area contributed by atoms with Gasteiger partial charge in [-0.2, -0.15) is 17.4 Å². The van der Waals surface area contributed by atoms with Crippen LogP contribution in [0.2, 0.25) is 5.02 Å². The average Bonchev–Trinajstić information content (AvgIpc) is 2.83. The summed E-state index contributed by atoms with van der Waals surface area (Å²) in [7, 11) is -2.70. The molecule has 0 unspecified atom stereocenters. The van der Waals surface area contributed by atoms with Gasteiger partial charge in [0.15, 0.2) is 0 Å². The molecule has 11 heteroatoms. The van der Waals surface area contributed by atoms with E-state index in [1.165, 1.54) is 31.3 Å². The van der Waals surface area contributed by atoms with E-state index in [-0.39, 0.29) is 22.7 Å². The number of carbonyl (C=O) groups is 2. The first-order valence-electron chi connectivity index (χ1n) is 10.5. The minimum atomic E-state index is -4.00. The van der Waals surface area contributed by atoms with Crippen LogP contribution in [0.1, 0.15) is 28.4 Å². The number of halogens is 2. The third-order valence-corrected chi connectivity index (χ3v) is 7.67. The number of carbonyl (C=O) groups excluding carboxylic acids is 1. The molecule has 0 aliphatic carbocycles. The number of hydrogen-bond acceptors (Lipinski definition) is 4. The minimum Gasteiger partial charge on any atom is -0.478 e. The first-order chi connectivity index (χ1) is 16.5. The molecule has 0 radical (unpaired) electrons. The summed E-state index contributed by atoms with van der Waals surface area (Å²) in [4.78, 5) is 24.3. The summed E-state index contributed by atoms with van der Waals surface area (Å²) in [6, 6.07) is 15.3. The van der Waals surface area contributed by atoms with Crippen molar-refractivity contribution in [3.05, 3.63) is 88.7 Å². The van der Waals surface area contributed by atoms with Gasteiger partial charge in [0.25, 0.3) is 10.2 Å². The molecule has 3 aromatic carbocycles. The minimum absolute atomic E-state index is 0.120. The lowest BCUT2D eigenvalue weighted by molar-refractivity contribution is -0.120. The smallest absolute Gasteiger partial charge is 0.335 e. The van der Waals surface area contributed by atoms with Gasteiger partial charge in [-0.1, -0.05) is 41.9 Å². The van der Waals surface area contributed by atoms with Gasteiger partial charge in [-0.25, -0.2) is 9.18 Å². The Kier molecular flexibility index (Phi) is 6.91. The highest BCUT2D eigenvalue weighted by atomic mass is 35.5. The molecule has 182 valence electrons. The highest BCUT2D eigenvalue weighted by Gasteiger charge is 2.40. The lowest BCUT2D eigenvalue weighted by Gasteiger charge is -2.36. The summed E-state index contributed by atoms with van der Waals surface area (Å²) >= 11 is 5.78. The maximum Gasteiger partial charge on any atom is 0.335 e. The van der Waals surface area contributed by atoms with Crippen LogP contribution in [0.25, 0.3) is 11.1 Å². The SMILES string of the molecule is CN1[C@@H](C(=O)Nc2ccc(F)c(Cl)c2)C[C@@H](c2cccc(-c3cccc(C(=O)O)c3)c2)NS1(=O)=O. The van der Waals surface area contributed by atoms with Crippen LogP contribution < -0.4 is 10.0 Å². The Morgan fingerprint density at radius 1 is 1.09 bits per heavy atom. The fourth-order valence-electron chi connectivity index (χ4n) is 3.89. The molecule has 0 aromatic heterocycles. The van der Waals surface area contributed by atoms with E-state index in [1.54, 1.807) is 36.4 Å². The molecular formula is C24H21ClFN3O5S. The van der Waals surface area contributed by atoms with Gasteiger partial charge < -0.3 is 10.4 Å². The number of rotatable bonds is 5. The first-order valence-corrected chi connectivity index (χ1v) is 12.3. The summed E-state index contributed by atoms with van der Waals surface area (Å²) in [5.74, 6) is -2.28. The Labute approximate surface area is 206 Å². The fraction of sp³-hybridized carbons (Fsp3) is 0.167. The molecule has 2 atom stereocenters. The van der Waals surface area contributed by atoms with E-state index in [1.807, 2.05) is 0 Å². The van der Waals surface area contributed by atoms with Crippen molar-refractivity contribution in [1.29, 1.82) is 0 Å². The second kappa shape index (κ2) is 9.74. The van der Waals surface area contributed by atoms with Crippen molar-refractivity contribution in [3.63, 3.8) is 0 Å². The number of nitrogens with zero attached hydrogens (tertiary/aromatic N) is 1. The van der Waals surface area contributed by atoms with E-state index >= 15 is 0 Å². The Balaban J connectivity index is 1.61. The molecule has 1 saturated heterocycles. The fourth-order valence-corrected chi connectivity index (χ4v) is 5.35. The van der Waals surface area contributed by atoms with Gasteiger partial charge >= 0.3 is 5.97 Å². The maximum absolute atomic E-state index is 13.4. The molecule has 35 heavy (non-hydrogen) atoms. The van der Waals surface area contributed by atoms with Gasteiger partial charge in [0, 0.05) is 18.8 Å². The molecule has 1 aliphatic heterocycles. The Morgan fingerprint density at radius 3 is 2.46 bits per heavy atom. The predicted molar refractivity (Wildman–Crippen MR) is 130 cm³/mol. The van der Waals surface area contributed by atoms with E-state index in [4.69, 9.17) is 11.6 Å². The number of benzene rings is 3. The third-order valence-electron chi connectivity index (χ3n) is 5.79. The summed E-state index contributed by atoms with van der Waals surface area (Å²) in [6.45, 7) is 0. The highest BCUT2D eigenvalue weighted by Crippen LogP contribution is 2.31. The second-order valence-electron chi connectivity index (χ2n) is 8.07. The monoisotopic (exact) mass is 517 g/mol. The Hall–Kier alpha value is -3.31. The van der Waals surface area contributed by atoms with Crippen LogP contribution in [0.4, 0.5) is 10.1 Å². The van der Waals surface area contributed by atoms with Gasteiger partial charge in [-0.15, -0.1) is 0 Å². The molecular weight excluding hydrogens is 497 g/mol. The number of amides is 1. The van der Waals surface area contributed by atoms with E-state index in [2.05, 4.69) is 10.0 Å². The number of anilines is 1. The molecule has 3 aromatic rings. The number of likely N-dealkylation sites (N-methyl/N-ethyl adjacent to an activating group) is 1. The summed E-state index contributed by atoms with van der Waals surface area (Å²) in [5.41, 5.74) is 2.34. The third kappa shape index (κ3) is 5.35. The Morgan fingerprint density at radius 2 is 1.77 bits per heavy atom. The zero-order chi connectivity index (χ0) is 25.3. The first kappa shape index (κ1) is 24.8. The number of aromatic carboxylic acids is 1. The molecule has 1 aliphatic rings. The van der Waals surface area contributed by atoms with Crippen molar-refractivity contribution in [2.24, 2.45) is 0 Å². The van der Waals surface area contributed by atoms with Crippen molar-refractivity contribution in [2.45, 2.75) is 18.5 Å². The van der Waals surface area contributed by atoms with Crippen LogP contribution in [-0.4, -0.2) is 42.8 Å². The van der Waals surface area contributed by atoms with Crippen molar-refractivity contribution in [2.75, 3.05) is 12.4 Å². The molecule has 0 saturated carbocycles. The number of nitrogens with one attached hydrogen (secondary N) is 2. The maximum atomic E-state index is 13.4. The molecule has 4 rings (SSSR count). The lowest BCUT2D eigenvalue weighted by Crippen LogP contribution is -2.55. The zero-order valence-electron chi connectivity index (χ0n) is 18.4. The Bertz CT molecular complexity index is 1420. The summed E-state index contributed by atoms with van der Waals surface area (Å²) < 4.78 is 42.6. The van der Waals surface area contributed by atoms with Crippen LogP contribution in [0.3, 0.4) is 0 Å². The van der Waals surface area contributed by atoms with Gasteiger partial charge in [-0.05, 0) is 59.5 Å². The van der Waals surface area contributed by atoms with Crippen molar-refractivity contribution < 1.29 is 27.5 Å². The second-order valence-corrected chi connectivity index (χ2v) is 10.2. The zero-order valence-corrected chi connectivity index (χ0v) is 20.0. The topological polar surface area (TPSA) is 116 Å². The van der Waals surface area contributed by atoms with Crippen LogP contribution in [-0.2, 0) is 15.0 Å². The molecule has 1 heterocycles. The van der Waals surface area contributed by atoms with Crippen LogP contribution in [0, 0.1) is 5.82 Å². The summed E-state index contributed by atoms with van der Waals surface area (Å²) in [5, 5.41) is 11.7. The quantitative estimate of drug-likeness (QED) is 0.472. The summed E-state index contributed by atoms with van der Waals surface area (Å²) in [6.07, 6.45) is 0.120. The predicted octanol–water partition coefficient (Wildman–Crippen LogP) is 4.06. The van der Waals surface area contributed by atoms with Crippen LogP contribution in [0.15, 0.2) is 66.7 Å². The van der Waals surface area contributed by atoms with Gasteiger partial charge in [-0.3, -0.25) is 4.79 Å². The van der Waals surface area contributed by atoms with E-state index in [0.29, 0.717) is 16.7 Å². The van der Waals surface area contributed by atoms with Gasteiger partial charge in [0.2, 0.25) is 5.91 Å². The van der Waals surface area contributed by atoms with Gasteiger partial charge in [0.1, 0.15) is 11.9 Å². The van der Waals surface area contributed by atoms with Crippen molar-refractivity contribution in [1.82, 2.24) is 9.03 Å². The van der Waals surface area contributed by atoms with E-state index in [0.717, 1.165) is 10.4 Å². The van der Waals surface area contributed by atoms with Crippen LogP contribution >= 0.6 is 11.6 Å². The number of carboxylic acid groups (broad SMARTS) is 1. The molecule has 0 bridgehead atoms. The normalized spacial score (nSPS) is 19.7. The number of hydrogen-bond donors (Lipinski definition) is 3. The average molecular weight is 518 g/mol. The molecule has 1 fully saturated rings. The van der Waals surface area contributed by atoms with Crippen molar-refractivity contribution in [3.8, 4) is 11.1 Å². The lowest BCUT2D eigenvalue weighted by atomic mass is 9.95. The molecule has 0 spiro atoms. The van der Waals surface area contributed by atoms with E-state index < -0.39 is 40.0 Å².